The van der Waals surface area contributed by atoms with Crippen molar-refractivity contribution in [3.63, 3.8) is 0 Å². The summed E-state index contributed by atoms with van der Waals surface area (Å²) in [6.45, 7) is 12.5. The molecule has 4 saturated carbocycles. The predicted molar refractivity (Wildman–Crippen MR) is 141 cm³/mol. The van der Waals surface area contributed by atoms with Crippen LogP contribution in [0.25, 0.3) is 0 Å². The second kappa shape index (κ2) is 10.1. The van der Waals surface area contributed by atoms with Crippen molar-refractivity contribution in [3.05, 3.63) is 0 Å². The minimum Gasteiger partial charge on any atom is -0.480 e. The third kappa shape index (κ3) is 4.55. The van der Waals surface area contributed by atoms with Crippen molar-refractivity contribution in [1.29, 1.82) is 0 Å². The lowest BCUT2D eigenvalue weighted by Gasteiger charge is -2.68. The number of carbonyl (C=O) groups excluding carboxylic acids is 1. The Bertz CT molecular complexity index is 876. The molecule has 37 heavy (non-hydrogen) atoms. The SMILES string of the molecule is CC[C@@H]1[C@@H]2C[C@H](O)CC[C@]2(C)C2C[C@H](O)[C@@]3(C)C(CC[C@@H]3[C@@H](C)CC(C)C(=O)NCC(=O)O)C2[C@]1(C)O. The van der Waals surface area contributed by atoms with Gasteiger partial charge in [-0.1, -0.05) is 41.0 Å². The molecule has 0 heterocycles. The van der Waals surface area contributed by atoms with Crippen LogP contribution in [0.5, 0.6) is 0 Å². The van der Waals surface area contributed by atoms with Crippen molar-refractivity contribution in [2.24, 2.45) is 58.2 Å². The number of carboxylic acid groups (broad SMARTS) is 1. The van der Waals surface area contributed by atoms with Gasteiger partial charge >= 0.3 is 5.97 Å². The molecule has 4 unspecified atom stereocenters. The molecule has 0 aliphatic heterocycles. The van der Waals surface area contributed by atoms with Gasteiger partial charge in [0.05, 0.1) is 17.8 Å². The highest BCUT2D eigenvalue weighted by molar-refractivity contribution is 5.82. The van der Waals surface area contributed by atoms with Gasteiger partial charge in [0.25, 0.3) is 0 Å². The Morgan fingerprint density at radius 1 is 1.00 bits per heavy atom. The molecule has 7 nitrogen and oxygen atoms in total. The molecule has 4 aliphatic carbocycles. The number of aliphatic hydroxyl groups is 3. The molecular formula is C30H51NO6. The summed E-state index contributed by atoms with van der Waals surface area (Å²) in [6.07, 6.45) is 5.88. The van der Waals surface area contributed by atoms with Crippen molar-refractivity contribution in [2.75, 3.05) is 6.54 Å². The zero-order valence-electron chi connectivity index (χ0n) is 23.7. The van der Waals surface area contributed by atoms with Gasteiger partial charge in [-0.25, -0.2) is 0 Å². The summed E-state index contributed by atoms with van der Waals surface area (Å²) in [5.74, 6) is -0.238. The maximum atomic E-state index is 12.5. The summed E-state index contributed by atoms with van der Waals surface area (Å²) in [4.78, 5) is 23.3. The minimum absolute atomic E-state index is 0.00949. The van der Waals surface area contributed by atoms with E-state index in [0.717, 1.165) is 38.5 Å². The van der Waals surface area contributed by atoms with E-state index >= 15 is 0 Å². The molecule has 212 valence electrons. The van der Waals surface area contributed by atoms with E-state index in [1.54, 1.807) is 0 Å². The molecule has 0 aromatic rings. The van der Waals surface area contributed by atoms with Crippen molar-refractivity contribution in [1.82, 2.24) is 5.32 Å². The molecule has 0 aromatic heterocycles. The lowest BCUT2D eigenvalue weighted by molar-refractivity contribution is -0.263. The van der Waals surface area contributed by atoms with E-state index in [9.17, 15) is 24.9 Å². The second-order valence-electron chi connectivity index (χ2n) is 14.0. The van der Waals surface area contributed by atoms with Crippen LogP contribution in [0.15, 0.2) is 0 Å². The molecule has 0 bridgehead atoms. The monoisotopic (exact) mass is 521 g/mol. The van der Waals surface area contributed by atoms with Crippen LogP contribution < -0.4 is 5.32 Å². The number of carboxylic acids is 1. The Morgan fingerprint density at radius 2 is 1.68 bits per heavy atom. The van der Waals surface area contributed by atoms with Gasteiger partial charge in [0.1, 0.15) is 6.54 Å². The van der Waals surface area contributed by atoms with Gasteiger partial charge in [0, 0.05) is 5.92 Å². The maximum absolute atomic E-state index is 12.5. The van der Waals surface area contributed by atoms with Crippen molar-refractivity contribution in [2.45, 2.75) is 111 Å². The van der Waals surface area contributed by atoms with E-state index in [0.29, 0.717) is 12.8 Å². The first-order chi connectivity index (χ1) is 17.2. The molecule has 13 atom stereocenters. The highest BCUT2D eigenvalue weighted by atomic mass is 16.4. The highest BCUT2D eigenvalue weighted by Crippen LogP contribution is 2.71. The molecule has 5 N–H and O–H groups in total. The predicted octanol–water partition coefficient (Wildman–Crippen LogP) is 3.84. The number of hydrogen-bond donors (Lipinski definition) is 5. The number of hydrogen-bond acceptors (Lipinski definition) is 5. The third-order valence-corrected chi connectivity index (χ3v) is 12.3. The van der Waals surface area contributed by atoms with Gasteiger partial charge < -0.3 is 25.7 Å². The number of rotatable bonds is 7. The quantitative estimate of drug-likeness (QED) is 0.346. The van der Waals surface area contributed by atoms with Gasteiger partial charge in [-0.05, 0) is 104 Å². The van der Waals surface area contributed by atoms with Crippen molar-refractivity contribution in [3.8, 4) is 0 Å². The molecule has 4 rings (SSSR count). The fraction of sp³-hybridized carbons (Fsp3) is 0.933. The average molecular weight is 522 g/mol. The van der Waals surface area contributed by atoms with E-state index in [1.165, 1.54) is 0 Å². The van der Waals surface area contributed by atoms with Crippen LogP contribution in [0.2, 0.25) is 0 Å². The standard InChI is InChI=1S/C30H51NO6/c1-7-19-22-13-18(32)10-11-28(22,4)23-14-24(33)29(5)20(8-9-21(29)26(23)30(19,6)37)16(2)12-17(3)27(36)31-15-25(34)35/h16-24,26,32-33,37H,7-15H2,1-6H3,(H,31,36)(H,34,35)/t16-,17?,18+,19+,20+,21?,22-,23?,24-,26?,28-,29+,30+/m0/s1. The van der Waals surface area contributed by atoms with Gasteiger partial charge in [-0.15, -0.1) is 0 Å². The van der Waals surface area contributed by atoms with Crippen LogP contribution in [0.1, 0.15) is 92.9 Å². The lowest BCUT2D eigenvalue weighted by Crippen LogP contribution is -2.69. The van der Waals surface area contributed by atoms with Crippen molar-refractivity contribution < 1.29 is 30.0 Å². The average Bonchev–Trinajstić information content (AvgIpc) is 3.17. The molecule has 7 heteroatoms. The summed E-state index contributed by atoms with van der Waals surface area (Å²) in [5.41, 5.74) is -1.18. The van der Waals surface area contributed by atoms with Crippen LogP contribution in [-0.2, 0) is 9.59 Å². The fourth-order valence-electron chi connectivity index (χ4n) is 10.6. The van der Waals surface area contributed by atoms with E-state index in [4.69, 9.17) is 5.11 Å². The number of nitrogens with one attached hydrogen (secondary N) is 1. The number of fused-ring (bicyclic) bond motifs is 5. The van der Waals surface area contributed by atoms with E-state index in [-0.39, 0.29) is 76.7 Å². The van der Waals surface area contributed by atoms with Crippen LogP contribution in [0.3, 0.4) is 0 Å². The summed E-state index contributed by atoms with van der Waals surface area (Å²) >= 11 is 0. The molecule has 0 spiro atoms. The molecule has 1 amide bonds. The summed E-state index contributed by atoms with van der Waals surface area (Å²) in [7, 11) is 0. The molecular weight excluding hydrogens is 470 g/mol. The van der Waals surface area contributed by atoms with Gasteiger partial charge in [-0.3, -0.25) is 9.59 Å². The van der Waals surface area contributed by atoms with Gasteiger partial charge in [0.2, 0.25) is 5.91 Å². The van der Waals surface area contributed by atoms with Gasteiger partial charge in [-0.2, -0.15) is 0 Å². The summed E-state index contributed by atoms with van der Waals surface area (Å²) in [6, 6.07) is 0. The Balaban J connectivity index is 1.61. The van der Waals surface area contributed by atoms with E-state index in [2.05, 4.69) is 33.0 Å². The smallest absolute Gasteiger partial charge is 0.322 e. The number of carbonyl (C=O) groups is 2. The topological polar surface area (TPSA) is 127 Å². The number of aliphatic hydroxyl groups excluding tert-OH is 2. The normalized spacial score (nSPS) is 48.8. The summed E-state index contributed by atoms with van der Waals surface area (Å²) < 4.78 is 0. The molecule has 0 saturated heterocycles. The first-order valence-corrected chi connectivity index (χ1v) is 14.8. The largest absolute Gasteiger partial charge is 0.480 e. The highest BCUT2D eigenvalue weighted by Gasteiger charge is 2.70. The molecule has 4 aliphatic rings. The first kappa shape index (κ1) is 28.8. The minimum atomic E-state index is -1.05. The maximum Gasteiger partial charge on any atom is 0.322 e. The zero-order valence-corrected chi connectivity index (χ0v) is 23.7. The second-order valence-corrected chi connectivity index (χ2v) is 14.0. The van der Waals surface area contributed by atoms with E-state index in [1.807, 2.05) is 13.8 Å². The molecule has 0 aromatic carbocycles. The first-order valence-electron chi connectivity index (χ1n) is 14.8. The Labute approximate surface area is 222 Å². The number of aliphatic carboxylic acids is 1. The van der Waals surface area contributed by atoms with Crippen LogP contribution in [0.4, 0.5) is 0 Å². The Kier molecular flexibility index (Phi) is 7.86. The number of amides is 1. The third-order valence-electron chi connectivity index (χ3n) is 12.3. The zero-order chi connectivity index (χ0) is 27.5. The Hall–Kier alpha value is -1.18. The van der Waals surface area contributed by atoms with Crippen LogP contribution >= 0.6 is 0 Å². The molecule has 4 fully saturated rings. The van der Waals surface area contributed by atoms with Crippen molar-refractivity contribution >= 4 is 11.9 Å². The van der Waals surface area contributed by atoms with Gasteiger partial charge in [0.15, 0.2) is 0 Å². The lowest BCUT2D eigenvalue weighted by atomic mass is 9.38. The van der Waals surface area contributed by atoms with Crippen LogP contribution in [0, 0.1) is 58.2 Å². The fourth-order valence-corrected chi connectivity index (χ4v) is 10.6. The molecule has 0 radical (unpaired) electrons. The van der Waals surface area contributed by atoms with Crippen LogP contribution in [-0.4, -0.2) is 56.7 Å². The Morgan fingerprint density at radius 3 is 2.30 bits per heavy atom. The summed E-state index contributed by atoms with van der Waals surface area (Å²) in [5, 5.41) is 46.1. The van der Waals surface area contributed by atoms with E-state index < -0.39 is 17.7 Å².